The molecule has 0 saturated heterocycles. The lowest BCUT2D eigenvalue weighted by Crippen LogP contribution is -2.13. The van der Waals surface area contributed by atoms with Crippen LogP contribution in [0.5, 0.6) is 0 Å². The molecule has 0 aliphatic heterocycles. The Kier molecular flexibility index (Phi) is 4.28. The first-order valence-electron chi connectivity index (χ1n) is 5.97. The highest BCUT2D eigenvalue weighted by Gasteiger charge is 2.08. The van der Waals surface area contributed by atoms with Gasteiger partial charge in [-0.2, -0.15) is 11.3 Å². The van der Waals surface area contributed by atoms with Gasteiger partial charge >= 0.3 is 0 Å². The maximum Gasteiger partial charge on any atom is 0.130 e. The van der Waals surface area contributed by atoms with Crippen LogP contribution in [-0.2, 0) is 6.42 Å². The van der Waals surface area contributed by atoms with Gasteiger partial charge in [0, 0.05) is 18.3 Å². The number of rotatable bonds is 5. The fraction of sp³-hybridized carbons (Fsp3) is 0.385. The molecule has 2 heterocycles. The first-order chi connectivity index (χ1) is 8.69. The molecule has 0 spiro atoms. The van der Waals surface area contributed by atoms with Gasteiger partial charge in [-0.15, -0.1) is 0 Å². The average Bonchev–Trinajstić information content (AvgIpc) is 2.89. The summed E-state index contributed by atoms with van der Waals surface area (Å²) >= 11 is 1.58. The van der Waals surface area contributed by atoms with Crippen molar-refractivity contribution >= 4 is 17.2 Å². The summed E-state index contributed by atoms with van der Waals surface area (Å²) in [4.78, 5) is 8.62. The quantitative estimate of drug-likeness (QED) is 0.870. The van der Waals surface area contributed by atoms with E-state index in [2.05, 4.69) is 22.2 Å². The van der Waals surface area contributed by atoms with Gasteiger partial charge in [0.25, 0.3) is 0 Å². The number of aromatic nitrogens is 2. The van der Waals surface area contributed by atoms with Crippen LogP contribution in [0, 0.1) is 6.92 Å². The highest BCUT2D eigenvalue weighted by atomic mass is 32.1. The Morgan fingerprint density at radius 3 is 2.94 bits per heavy atom. The normalized spacial score (nSPS) is 12.4. The summed E-state index contributed by atoms with van der Waals surface area (Å²) in [6, 6.07) is 3.85. The van der Waals surface area contributed by atoms with E-state index in [1.54, 1.807) is 11.3 Å². The maximum absolute atomic E-state index is 9.97. The summed E-state index contributed by atoms with van der Waals surface area (Å²) < 4.78 is 0. The molecule has 18 heavy (non-hydrogen) atoms. The Morgan fingerprint density at radius 2 is 2.28 bits per heavy atom. The molecule has 2 N–H and O–H groups in total. The van der Waals surface area contributed by atoms with Gasteiger partial charge in [0.05, 0.1) is 6.10 Å². The number of thiophene rings is 1. The largest absolute Gasteiger partial charge is 0.387 e. The molecule has 0 aromatic carbocycles. The third kappa shape index (κ3) is 3.27. The molecule has 1 atom stereocenters. The molecule has 0 bridgehead atoms. The Hall–Kier alpha value is -1.46. The van der Waals surface area contributed by atoms with Crippen molar-refractivity contribution in [1.29, 1.82) is 0 Å². The molecule has 2 aromatic heterocycles. The van der Waals surface area contributed by atoms with Gasteiger partial charge in [0.2, 0.25) is 0 Å². The second-order valence-corrected chi connectivity index (χ2v) is 4.88. The van der Waals surface area contributed by atoms with Crippen molar-refractivity contribution in [3.05, 3.63) is 40.0 Å². The summed E-state index contributed by atoms with van der Waals surface area (Å²) in [7, 11) is 0. The van der Waals surface area contributed by atoms with E-state index in [1.165, 1.54) is 0 Å². The SMILES string of the molecule is CCc1cc(NCC(O)c2ccsc2)nc(C)n1. The Balaban J connectivity index is 1.99. The van der Waals surface area contributed by atoms with Crippen LogP contribution in [0.15, 0.2) is 22.9 Å². The number of hydrogen-bond acceptors (Lipinski definition) is 5. The Morgan fingerprint density at radius 1 is 1.44 bits per heavy atom. The number of nitrogens with one attached hydrogen (secondary N) is 1. The van der Waals surface area contributed by atoms with Gasteiger partial charge in [0.15, 0.2) is 0 Å². The number of aliphatic hydroxyl groups excluding tert-OH is 1. The zero-order valence-corrected chi connectivity index (χ0v) is 11.4. The molecular formula is C13H17N3OS. The highest BCUT2D eigenvalue weighted by molar-refractivity contribution is 7.07. The van der Waals surface area contributed by atoms with E-state index >= 15 is 0 Å². The molecule has 0 saturated carbocycles. The topological polar surface area (TPSA) is 58.0 Å². The Bertz CT molecular complexity index is 499. The summed E-state index contributed by atoms with van der Waals surface area (Å²) in [5, 5.41) is 17.0. The maximum atomic E-state index is 9.97. The van der Waals surface area contributed by atoms with Crippen LogP contribution in [0.1, 0.15) is 30.1 Å². The molecule has 5 heteroatoms. The van der Waals surface area contributed by atoms with Crippen molar-refractivity contribution in [2.24, 2.45) is 0 Å². The van der Waals surface area contributed by atoms with Gasteiger partial charge in [-0.25, -0.2) is 9.97 Å². The predicted octanol–water partition coefficient (Wildman–Crippen LogP) is 2.55. The lowest BCUT2D eigenvalue weighted by molar-refractivity contribution is 0.192. The van der Waals surface area contributed by atoms with Gasteiger partial charge in [0.1, 0.15) is 11.6 Å². The van der Waals surface area contributed by atoms with Gasteiger partial charge in [-0.1, -0.05) is 6.92 Å². The minimum atomic E-state index is -0.503. The summed E-state index contributed by atoms with van der Waals surface area (Å²) in [6.45, 7) is 4.39. The molecule has 96 valence electrons. The van der Waals surface area contributed by atoms with E-state index < -0.39 is 6.10 Å². The van der Waals surface area contributed by atoms with Crippen LogP contribution >= 0.6 is 11.3 Å². The van der Waals surface area contributed by atoms with Gasteiger partial charge < -0.3 is 10.4 Å². The average molecular weight is 263 g/mol. The molecule has 0 radical (unpaired) electrons. The molecular weight excluding hydrogens is 246 g/mol. The minimum absolute atomic E-state index is 0.455. The van der Waals surface area contributed by atoms with E-state index in [1.807, 2.05) is 29.8 Å². The second kappa shape index (κ2) is 5.93. The fourth-order valence-electron chi connectivity index (χ4n) is 1.68. The van der Waals surface area contributed by atoms with Crippen LogP contribution in [0.2, 0.25) is 0 Å². The van der Waals surface area contributed by atoms with Crippen molar-refractivity contribution in [3.8, 4) is 0 Å². The highest BCUT2D eigenvalue weighted by Crippen LogP contribution is 2.17. The van der Waals surface area contributed by atoms with E-state index in [0.29, 0.717) is 6.54 Å². The van der Waals surface area contributed by atoms with Gasteiger partial charge in [-0.05, 0) is 35.7 Å². The molecule has 4 nitrogen and oxygen atoms in total. The third-order valence-electron chi connectivity index (χ3n) is 2.66. The number of aliphatic hydroxyl groups is 1. The molecule has 0 amide bonds. The molecule has 2 aromatic rings. The molecule has 0 fully saturated rings. The van der Waals surface area contributed by atoms with Crippen molar-refractivity contribution in [1.82, 2.24) is 9.97 Å². The summed E-state index contributed by atoms with van der Waals surface area (Å²) in [5.41, 5.74) is 1.95. The molecule has 0 aliphatic carbocycles. The standard InChI is InChI=1S/C13H17N3OS/c1-3-11-6-13(16-9(2)15-11)14-7-12(17)10-4-5-18-8-10/h4-6,8,12,17H,3,7H2,1-2H3,(H,14,15,16). The lowest BCUT2D eigenvalue weighted by Gasteiger charge is -2.12. The van der Waals surface area contributed by atoms with Crippen LogP contribution < -0.4 is 5.32 Å². The summed E-state index contributed by atoms with van der Waals surface area (Å²) in [6.07, 6.45) is 0.377. The number of nitrogens with zero attached hydrogens (tertiary/aromatic N) is 2. The Labute approximate surface area is 111 Å². The van der Waals surface area contributed by atoms with Crippen LogP contribution in [0.25, 0.3) is 0 Å². The van der Waals surface area contributed by atoms with Crippen LogP contribution in [0.4, 0.5) is 5.82 Å². The third-order valence-corrected chi connectivity index (χ3v) is 3.36. The smallest absolute Gasteiger partial charge is 0.130 e. The minimum Gasteiger partial charge on any atom is -0.387 e. The monoisotopic (exact) mass is 263 g/mol. The van der Waals surface area contributed by atoms with Crippen LogP contribution in [0.3, 0.4) is 0 Å². The van der Waals surface area contributed by atoms with Crippen molar-refractivity contribution in [3.63, 3.8) is 0 Å². The van der Waals surface area contributed by atoms with Crippen molar-refractivity contribution < 1.29 is 5.11 Å². The fourth-order valence-corrected chi connectivity index (χ4v) is 2.39. The molecule has 2 rings (SSSR count). The zero-order valence-electron chi connectivity index (χ0n) is 10.6. The van der Waals surface area contributed by atoms with E-state index in [-0.39, 0.29) is 0 Å². The predicted molar refractivity (Wildman–Crippen MR) is 73.9 cm³/mol. The lowest BCUT2D eigenvalue weighted by atomic mass is 10.2. The van der Waals surface area contributed by atoms with Crippen molar-refractivity contribution in [2.75, 3.05) is 11.9 Å². The zero-order chi connectivity index (χ0) is 13.0. The number of anilines is 1. The van der Waals surface area contributed by atoms with E-state index in [0.717, 1.165) is 29.3 Å². The second-order valence-electron chi connectivity index (χ2n) is 4.10. The number of hydrogen-bond donors (Lipinski definition) is 2. The van der Waals surface area contributed by atoms with E-state index in [9.17, 15) is 5.11 Å². The molecule has 0 aliphatic rings. The number of aryl methyl sites for hydroxylation is 2. The summed E-state index contributed by atoms with van der Waals surface area (Å²) in [5.74, 6) is 1.52. The van der Waals surface area contributed by atoms with Crippen LogP contribution in [-0.4, -0.2) is 21.6 Å². The first-order valence-corrected chi connectivity index (χ1v) is 6.92. The van der Waals surface area contributed by atoms with E-state index in [4.69, 9.17) is 0 Å². The first kappa shape index (κ1) is 13.0. The van der Waals surface area contributed by atoms with Crippen molar-refractivity contribution in [2.45, 2.75) is 26.4 Å². The van der Waals surface area contributed by atoms with Gasteiger partial charge in [-0.3, -0.25) is 0 Å². The molecule has 1 unspecified atom stereocenters.